The molecular formula is C2H8Na2O6S. The normalized spacial score (nSPS) is 5.00. The average molecular weight is 206 g/mol. The van der Waals surface area contributed by atoms with E-state index in [-0.39, 0.29) is 77.2 Å². The first kappa shape index (κ1) is 29.4. The summed E-state index contributed by atoms with van der Waals surface area (Å²) < 4.78 is 22.8. The predicted molar refractivity (Wildman–Crippen MR) is 43.4 cm³/mol. The van der Waals surface area contributed by atoms with Gasteiger partial charge >= 0.3 is 59.1 Å². The summed E-state index contributed by atoms with van der Waals surface area (Å²) in [5, 5.41) is 0. The Kier molecular flexibility index (Phi) is 80.6. The van der Waals surface area contributed by atoms with Gasteiger partial charge in [0.2, 0.25) is 0 Å². The monoisotopic (exact) mass is 206 g/mol. The molecule has 0 heterocycles. The summed E-state index contributed by atoms with van der Waals surface area (Å²) in [7, 11) is 0. The summed E-state index contributed by atoms with van der Waals surface area (Å²) in [6.45, 7) is 0. The minimum atomic E-state index is -2.61. The fourth-order valence-electron chi connectivity index (χ4n) is 0. The van der Waals surface area contributed by atoms with Crippen molar-refractivity contribution in [3.05, 3.63) is 0 Å². The number of aldehydes is 2. The topological polar surface area (TPSA) is 123 Å². The first-order valence-electron chi connectivity index (χ1n) is 1.34. The van der Waals surface area contributed by atoms with Crippen LogP contribution in [0.15, 0.2) is 0 Å². The summed E-state index contributed by atoms with van der Waals surface area (Å²) in [4.78, 5) is 17.6. The fraction of sp³-hybridized carbons (Fsp3) is 0. The van der Waals surface area contributed by atoms with Crippen LogP contribution in [-0.2, 0) is 21.0 Å². The van der Waals surface area contributed by atoms with Crippen LogP contribution in [0.3, 0.4) is 0 Å². The zero-order valence-electron chi connectivity index (χ0n) is 4.18. The third-order valence-electron chi connectivity index (χ3n) is 0.0556. The van der Waals surface area contributed by atoms with E-state index in [9.17, 15) is 0 Å². The Bertz CT molecular complexity index is 86.6. The van der Waals surface area contributed by atoms with Gasteiger partial charge in [-0.25, -0.2) is 0 Å². The predicted octanol–water partition coefficient (Wildman–Crippen LogP) is -3.06. The molecule has 0 radical (unpaired) electrons. The third-order valence-corrected chi connectivity index (χ3v) is 0.0556. The Labute approximate surface area is 110 Å². The van der Waals surface area contributed by atoms with Crippen LogP contribution in [-0.4, -0.2) is 90.5 Å². The first-order valence-corrected chi connectivity index (χ1v) is 2.40. The molecule has 60 valence electrons. The number of hydrogen-bond donors (Lipinski definition) is 2. The van der Waals surface area contributed by atoms with E-state index in [1.807, 2.05) is 0 Å². The number of carbonyl (C=O) groups is 2. The van der Waals surface area contributed by atoms with E-state index >= 15 is 0 Å². The zero-order chi connectivity index (χ0) is 6.99. The van der Waals surface area contributed by atoms with Crippen molar-refractivity contribution in [1.82, 2.24) is 0 Å². The molecule has 11 heavy (non-hydrogen) atoms. The molecule has 0 aliphatic heterocycles. The second kappa shape index (κ2) is 30.1. The summed E-state index contributed by atoms with van der Waals surface area (Å²) in [6, 6.07) is 0. The molecule has 0 aliphatic carbocycles. The Balaban J connectivity index is -0.0000000171. The molecule has 0 aromatic heterocycles. The average Bonchev–Trinajstić information content (AvgIpc) is 1.65. The number of hydrogen-bond acceptors (Lipinski definition) is 3. The Hall–Kier alpha value is 1.37. The summed E-state index contributed by atoms with van der Waals surface area (Å²) in [5.41, 5.74) is 0. The molecule has 0 aromatic rings. The van der Waals surface area contributed by atoms with Gasteiger partial charge in [0.05, 0.1) is 0 Å². The van der Waals surface area contributed by atoms with Crippen molar-refractivity contribution in [2.45, 2.75) is 0 Å². The third kappa shape index (κ3) is 178. The SMILES string of the molecule is O.O=CC=O.O=S(O)O.[NaH].[NaH]. The van der Waals surface area contributed by atoms with Gasteiger partial charge in [0.15, 0.2) is 12.6 Å². The fourth-order valence-corrected chi connectivity index (χ4v) is 0. The van der Waals surface area contributed by atoms with E-state index in [1.54, 1.807) is 0 Å². The number of carbonyl (C=O) groups excluding carboxylic acids is 2. The maximum absolute atomic E-state index is 8.81. The molecule has 0 amide bonds. The Morgan fingerprint density at radius 2 is 1.09 bits per heavy atom. The quantitative estimate of drug-likeness (QED) is 0.204. The van der Waals surface area contributed by atoms with Gasteiger partial charge in [0.25, 0.3) is 11.4 Å². The first-order chi connectivity index (χ1) is 3.65. The molecular weight excluding hydrogens is 198 g/mol. The standard InChI is InChI=1S/C2H2O2.2Na.H2O3S.H2O.2H/c3-1-2-4;;;1-4(2)3;;;/h1-2H;;;(H2,1,2,3);1H2;;. The van der Waals surface area contributed by atoms with Gasteiger partial charge in [0, 0.05) is 0 Å². The molecule has 0 spiro atoms. The van der Waals surface area contributed by atoms with Gasteiger partial charge < -0.3 is 5.48 Å². The van der Waals surface area contributed by atoms with Crippen LogP contribution in [0.4, 0.5) is 0 Å². The molecule has 0 rings (SSSR count). The molecule has 0 fully saturated rings. The van der Waals surface area contributed by atoms with Crippen molar-refractivity contribution in [2.75, 3.05) is 0 Å². The van der Waals surface area contributed by atoms with E-state index < -0.39 is 11.4 Å². The second-order valence-electron chi connectivity index (χ2n) is 0.503. The molecule has 0 bridgehead atoms. The van der Waals surface area contributed by atoms with Crippen LogP contribution in [0.2, 0.25) is 0 Å². The molecule has 0 atom stereocenters. The van der Waals surface area contributed by atoms with Gasteiger partial charge in [0.1, 0.15) is 0 Å². The van der Waals surface area contributed by atoms with E-state index in [1.165, 1.54) is 0 Å². The molecule has 0 saturated carbocycles. The molecule has 0 unspecified atom stereocenters. The van der Waals surface area contributed by atoms with Crippen LogP contribution >= 0.6 is 0 Å². The van der Waals surface area contributed by atoms with E-state index in [0.29, 0.717) is 0 Å². The van der Waals surface area contributed by atoms with Crippen molar-refractivity contribution in [2.24, 2.45) is 0 Å². The van der Waals surface area contributed by atoms with E-state index in [2.05, 4.69) is 0 Å². The van der Waals surface area contributed by atoms with E-state index in [4.69, 9.17) is 22.9 Å². The molecule has 6 nitrogen and oxygen atoms in total. The summed E-state index contributed by atoms with van der Waals surface area (Å²) in [6.07, 6.45) is 0.389. The van der Waals surface area contributed by atoms with Gasteiger partial charge in [-0.15, -0.1) is 0 Å². The molecule has 0 aromatic carbocycles. The van der Waals surface area contributed by atoms with Gasteiger partial charge in [-0.2, -0.15) is 4.21 Å². The summed E-state index contributed by atoms with van der Waals surface area (Å²) >= 11 is -2.61. The molecule has 4 N–H and O–H groups in total. The van der Waals surface area contributed by atoms with Crippen molar-refractivity contribution in [3.8, 4) is 0 Å². The molecule has 0 saturated heterocycles. The van der Waals surface area contributed by atoms with Crippen LogP contribution in [0.25, 0.3) is 0 Å². The van der Waals surface area contributed by atoms with Crippen molar-refractivity contribution in [1.29, 1.82) is 0 Å². The number of rotatable bonds is 1. The van der Waals surface area contributed by atoms with Crippen molar-refractivity contribution >= 4 is 83.0 Å². The van der Waals surface area contributed by atoms with Crippen LogP contribution in [0.1, 0.15) is 0 Å². The second-order valence-corrected chi connectivity index (χ2v) is 0.964. The van der Waals surface area contributed by atoms with Crippen molar-refractivity contribution < 1.29 is 28.4 Å². The zero-order valence-corrected chi connectivity index (χ0v) is 5.00. The van der Waals surface area contributed by atoms with Gasteiger partial charge in [-0.1, -0.05) is 0 Å². The molecule has 0 aliphatic rings. The summed E-state index contributed by atoms with van der Waals surface area (Å²) in [5.74, 6) is 0. The minimum absolute atomic E-state index is 0. The van der Waals surface area contributed by atoms with E-state index in [0.717, 1.165) is 0 Å². The molecule has 9 heteroatoms. The Morgan fingerprint density at radius 1 is 1.00 bits per heavy atom. The van der Waals surface area contributed by atoms with Crippen molar-refractivity contribution in [3.63, 3.8) is 0 Å². The maximum atomic E-state index is 8.81. The van der Waals surface area contributed by atoms with Gasteiger partial charge in [-0.05, 0) is 0 Å². The van der Waals surface area contributed by atoms with Crippen LogP contribution in [0, 0.1) is 0 Å². The Morgan fingerprint density at radius 3 is 1.09 bits per heavy atom. The van der Waals surface area contributed by atoms with Crippen LogP contribution in [0.5, 0.6) is 0 Å². The van der Waals surface area contributed by atoms with Crippen LogP contribution < -0.4 is 0 Å². The van der Waals surface area contributed by atoms with Gasteiger partial charge in [-0.3, -0.25) is 18.7 Å².